The Balaban J connectivity index is 1.96. The van der Waals surface area contributed by atoms with Crippen molar-refractivity contribution >= 4 is 12.0 Å². The SMILES string of the molecule is CC(O)CC(CNC(=O)/C=C/c1cccc(C#N)c1)c1ccccc1. The van der Waals surface area contributed by atoms with Gasteiger partial charge in [0, 0.05) is 18.5 Å². The molecule has 0 aromatic heterocycles. The predicted octanol–water partition coefficient (Wildman–Crippen LogP) is 3.24. The van der Waals surface area contributed by atoms with Crippen LogP contribution in [0, 0.1) is 11.3 Å². The van der Waals surface area contributed by atoms with Gasteiger partial charge in [-0.25, -0.2) is 0 Å². The van der Waals surface area contributed by atoms with Crippen LogP contribution in [0.1, 0.15) is 36.0 Å². The van der Waals surface area contributed by atoms with Gasteiger partial charge in [-0.15, -0.1) is 0 Å². The summed E-state index contributed by atoms with van der Waals surface area (Å²) in [5.41, 5.74) is 2.45. The summed E-state index contributed by atoms with van der Waals surface area (Å²) >= 11 is 0. The van der Waals surface area contributed by atoms with Gasteiger partial charge in [-0.05, 0) is 42.7 Å². The van der Waals surface area contributed by atoms with Gasteiger partial charge in [0.15, 0.2) is 0 Å². The van der Waals surface area contributed by atoms with Crippen molar-refractivity contribution in [2.45, 2.75) is 25.4 Å². The smallest absolute Gasteiger partial charge is 0.244 e. The highest BCUT2D eigenvalue weighted by atomic mass is 16.3. The lowest BCUT2D eigenvalue weighted by Crippen LogP contribution is -2.28. The van der Waals surface area contributed by atoms with Gasteiger partial charge in [-0.3, -0.25) is 4.79 Å². The van der Waals surface area contributed by atoms with E-state index < -0.39 is 6.10 Å². The number of hydrogen-bond donors (Lipinski definition) is 2. The lowest BCUT2D eigenvalue weighted by Gasteiger charge is -2.19. The molecule has 0 spiro atoms. The molecule has 2 unspecified atom stereocenters. The minimum absolute atomic E-state index is 0.0560. The van der Waals surface area contributed by atoms with E-state index in [2.05, 4.69) is 11.4 Å². The summed E-state index contributed by atoms with van der Waals surface area (Å²) in [7, 11) is 0. The first-order valence-electron chi connectivity index (χ1n) is 8.27. The second-order valence-corrected chi connectivity index (χ2v) is 6.01. The second kappa shape index (κ2) is 9.41. The third-order valence-electron chi connectivity index (χ3n) is 3.86. The Hall–Kier alpha value is -2.90. The molecule has 4 heteroatoms. The zero-order chi connectivity index (χ0) is 18.1. The molecule has 1 amide bonds. The number of rotatable bonds is 7. The Labute approximate surface area is 148 Å². The molecule has 4 nitrogen and oxygen atoms in total. The summed E-state index contributed by atoms with van der Waals surface area (Å²) in [6.45, 7) is 2.20. The van der Waals surface area contributed by atoms with E-state index >= 15 is 0 Å². The Morgan fingerprint density at radius 3 is 2.68 bits per heavy atom. The van der Waals surface area contributed by atoms with Crippen LogP contribution in [0.3, 0.4) is 0 Å². The third-order valence-corrected chi connectivity index (χ3v) is 3.86. The summed E-state index contributed by atoms with van der Waals surface area (Å²) in [6, 6.07) is 19.0. The van der Waals surface area contributed by atoms with Crippen LogP contribution in [0.15, 0.2) is 60.7 Å². The quantitative estimate of drug-likeness (QED) is 0.764. The van der Waals surface area contributed by atoms with Crippen LogP contribution >= 0.6 is 0 Å². The Morgan fingerprint density at radius 2 is 2.00 bits per heavy atom. The number of hydrogen-bond acceptors (Lipinski definition) is 3. The number of nitrogens with one attached hydrogen (secondary N) is 1. The molecule has 0 aliphatic rings. The zero-order valence-electron chi connectivity index (χ0n) is 14.2. The molecule has 0 saturated carbocycles. The summed E-state index contributed by atoms with van der Waals surface area (Å²) in [4.78, 5) is 12.1. The highest BCUT2D eigenvalue weighted by Crippen LogP contribution is 2.20. The fourth-order valence-electron chi connectivity index (χ4n) is 2.64. The van der Waals surface area contributed by atoms with Crippen LogP contribution in [-0.4, -0.2) is 23.7 Å². The van der Waals surface area contributed by atoms with E-state index in [0.717, 1.165) is 11.1 Å². The van der Waals surface area contributed by atoms with Crippen LogP contribution in [0.2, 0.25) is 0 Å². The number of nitriles is 1. The summed E-state index contributed by atoms with van der Waals surface area (Å²) in [6.07, 6.45) is 3.29. The van der Waals surface area contributed by atoms with E-state index in [9.17, 15) is 9.90 Å². The van der Waals surface area contributed by atoms with Gasteiger partial charge >= 0.3 is 0 Å². The van der Waals surface area contributed by atoms with Crippen LogP contribution in [0.4, 0.5) is 0 Å². The fourth-order valence-corrected chi connectivity index (χ4v) is 2.64. The molecule has 128 valence electrons. The standard InChI is InChI=1S/C21H22N2O2/c1-16(24)12-20(19-8-3-2-4-9-19)15-23-21(25)11-10-17-6-5-7-18(13-17)14-22/h2-11,13,16,20,24H,12,15H2,1H3,(H,23,25)/b11-10+. The van der Waals surface area contributed by atoms with Crippen molar-refractivity contribution in [2.75, 3.05) is 6.54 Å². The molecular formula is C21H22N2O2. The molecule has 0 heterocycles. The maximum Gasteiger partial charge on any atom is 0.244 e. The first-order chi connectivity index (χ1) is 12.1. The van der Waals surface area contributed by atoms with E-state index in [4.69, 9.17) is 5.26 Å². The van der Waals surface area contributed by atoms with Gasteiger partial charge in [-0.1, -0.05) is 42.5 Å². The van der Waals surface area contributed by atoms with Gasteiger partial charge in [0.1, 0.15) is 0 Å². The monoisotopic (exact) mass is 334 g/mol. The van der Waals surface area contributed by atoms with Crippen LogP contribution in [-0.2, 0) is 4.79 Å². The first-order valence-corrected chi connectivity index (χ1v) is 8.27. The summed E-state index contributed by atoms with van der Waals surface area (Å²) in [5, 5.41) is 21.5. The molecule has 2 N–H and O–H groups in total. The van der Waals surface area contributed by atoms with Gasteiger partial charge in [0.25, 0.3) is 0 Å². The van der Waals surface area contributed by atoms with Crippen molar-refractivity contribution in [3.63, 3.8) is 0 Å². The van der Waals surface area contributed by atoms with Crippen molar-refractivity contribution in [1.29, 1.82) is 5.26 Å². The maximum absolute atomic E-state index is 12.1. The number of nitrogens with zero attached hydrogens (tertiary/aromatic N) is 1. The first kappa shape index (κ1) is 18.4. The van der Waals surface area contributed by atoms with Gasteiger partial charge in [0.2, 0.25) is 5.91 Å². The van der Waals surface area contributed by atoms with E-state index in [1.807, 2.05) is 36.4 Å². The Kier molecular flexibility index (Phi) is 6.94. The fraction of sp³-hybridized carbons (Fsp3) is 0.238. The van der Waals surface area contributed by atoms with E-state index in [0.29, 0.717) is 18.5 Å². The normalized spacial score (nSPS) is 13.2. The lowest BCUT2D eigenvalue weighted by molar-refractivity contribution is -0.116. The minimum Gasteiger partial charge on any atom is -0.393 e. The molecule has 0 bridgehead atoms. The number of carbonyl (C=O) groups is 1. The predicted molar refractivity (Wildman–Crippen MR) is 98.7 cm³/mol. The van der Waals surface area contributed by atoms with E-state index in [-0.39, 0.29) is 11.8 Å². The molecule has 0 radical (unpaired) electrons. The zero-order valence-corrected chi connectivity index (χ0v) is 14.2. The van der Waals surface area contributed by atoms with E-state index in [1.165, 1.54) is 6.08 Å². The molecule has 2 aromatic carbocycles. The second-order valence-electron chi connectivity index (χ2n) is 6.01. The Morgan fingerprint density at radius 1 is 1.24 bits per heavy atom. The molecule has 2 aromatic rings. The number of benzene rings is 2. The van der Waals surface area contributed by atoms with Crippen LogP contribution in [0.5, 0.6) is 0 Å². The lowest BCUT2D eigenvalue weighted by atomic mass is 9.93. The van der Waals surface area contributed by atoms with Gasteiger partial charge < -0.3 is 10.4 Å². The number of carbonyl (C=O) groups excluding carboxylic acids is 1. The molecule has 0 saturated heterocycles. The highest BCUT2D eigenvalue weighted by Gasteiger charge is 2.14. The Bertz CT molecular complexity index is 761. The number of amides is 1. The summed E-state index contributed by atoms with van der Waals surface area (Å²) in [5.74, 6) is -0.144. The van der Waals surface area contributed by atoms with Crippen LogP contribution in [0.25, 0.3) is 6.08 Å². The maximum atomic E-state index is 12.1. The van der Waals surface area contributed by atoms with Crippen LogP contribution < -0.4 is 5.32 Å². The molecule has 0 fully saturated rings. The largest absolute Gasteiger partial charge is 0.393 e. The minimum atomic E-state index is -0.439. The number of aliphatic hydroxyl groups excluding tert-OH is 1. The van der Waals surface area contributed by atoms with Crippen molar-refractivity contribution < 1.29 is 9.90 Å². The molecule has 2 rings (SSSR count). The summed E-state index contributed by atoms with van der Waals surface area (Å²) < 4.78 is 0. The molecule has 0 aliphatic carbocycles. The topological polar surface area (TPSA) is 73.1 Å². The highest BCUT2D eigenvalue weighted by molar-refractivity contribution is 5.91. The number of aliphatic hydroxyl groups is 1. The van der Waals surface area contributed by atoms with Crippen molar-refractivity contribution in [3.05, 3.63) is 77.4 Å². The average Bonchev–Trinajstić information content (AvgIpc) is 2.64. The molecule has 0 aliphatic heterocycles. The molecule has 2 atom stereocenters. The van der Waals surface area contributed by atoms with E-state index in [1.54, 1.807) is 31.2 Å². The van der Waals surface area contributed by atoms with Gasteiger partial charge in [-0.2, -0.15) is 5.26 Å². The van der Waals surface area contributed by atoms with Crippen molar-refractivity contribution in [2.24, 2.45) is 0 Å². The van der Waals surface area contributed by atoms with Gasteiger partial charge in [0.05, 0.1) is 17.7 Å². The average molecular weight is 334 g/mol. The molecule has 25 heavy (non-hydrogen) atoms. The van der Waals surface area contributed by atoms with Crippen molar-refractivity contribution in [1.82, 2.24) is 5.32 Å². The molecular weight excluding hydrogens is 312 g/mol. The van der Waals surface area contributed by atoms with Crippen molar-refractivity contribution in [3.8, 4) is 6.07 Å². The third kappa shape index (κ3) is 6.25.